The molecule has 1 aromatic heterocycles. The third-order valence-electron chi connectivity index (χ3n) is 1.88. The molecule has 0 aliphatic rings. The van der Waals surface area contributed by atoms with Gasteiger partial charge in [-0.05, 0) is 0 Å². The van der Waals surface area contributed by atoms with Gasteiger partial charge in [0.1, 0.15) is 0 Å². The standard InChI is InChI=1S/C9H14Br2N6/c1-2-3-17(5-6(11)4-10)9-15-7(12)14-8(13)16-9/h2,6H,1,3-5H2,(H4,12,13,14,15,16). The highest BCUT2D eigenvalue weighted by atomic mass is 79.9. The van der Waals surface area contributed by atoms with Gasteiger partial charge in [-0.15, -0.1) is 6.58 Å². The van der Waals surface area contributed by atoms with Crippen LogP contribution < -0.4 is 16.4 Å². The summed E-state index contributed by atoms with van der Waals surface area (Å²) in [6.45, 7) is 5.02. The Labute approximate surface area is 117 Å². The number of hydrogen-bond acceptors (Lipinski definition) is 6. The van der Waals surface area contributed by atoms with E-state index in [0.717, 1.165) is 5.33 Å². The second-order valence-electron chi connectivity index (χ2n) is 3.30. The van der Waals surface area contributed by atoms with E-state index in [1.165, 1.54) is 0 Å². The summed E-state index contributed by atoms with van der Waals surface area (Å²) >= 11 is 6.92. The molecule has 0 spiro atoms. The molecule has 0 aromatic carbocycles. The van der Waals surface area contributed by atoms with E-state index in [-0.39, 0.29) is 16.7 Å². The predicted octanol–water partition coefficient (Wildman–Crippen LogP) is 1.19. The van der Waals surface area contributed by atoms with Crippen molar-refractivity contribution < 1.29 is 0 Å². The van der Waals surface area contributed by atoms with Gasteiger partial charge in [-0.1, -0.05) is 37.9 Å². The van der Waals surface area contributed by atoms with Crippen LogP contribution >= 0.6 is 31.9 Å². The summed E-state index contributed by atoms with van der Waals surface area (Å²) < 4.78 is 0. The van der Waals surface area contributed by atoms with Crippen molar-refractivity contribution in [1.29, 1.82) is 0 Å². The van der Waals surface area contributed by atoms with E-state index in [4.69, 9.17) is 11.5 Å². The van der Waals surface area contributed by atoms with Crippen molar-refractivity contribution >= 4 is 49.7 Å². The molecule has 0 amide bonds. The molecule has 4 N–H and O–H groups in total. The first-order chi connectivity index (χ1) is 8.06. The molecule has 0 aliphatic heterocycles. The summed E-state index contributed by atoms with van der Waals surface area (Å²) in [4.78, 5) is 14.0. The zero-order valence-electron chi connectivity index (χ0n) is 9.18. The molecule has 1 atom stereocenters. The van der Waals surface area contributed by atoms with Crippen molar-refractivity contribution in [2.45, 2.75) is 4.83 Å². The third kappa shape index (κ3) is 4.47. The maximum Gasteiger partial charge on any atom is 0.232 e. The number of aromatic nitrogens is 3. The lowest BCUT2D eigenvalue weighted by atomic mass is 10.4. The number of nitrogens with zero attached hydrogens (tertiary/aromatic N) is 4. The number of anilines is 3. The third-order valence-corrected chi connectivity index (χ3v) is 4.14. The molecule has 1 heterocycles. The number of rotatable bonds is 6. The van der Waals surface area contributed by atoms with Crippen molar-refractivity contribution in [2.24, 2.45) is 0 Å². The van der Waals surface area contributed by atoms with Crippen LogP contribution in [-0.2, 0) is 0 Å². The SMILES string of the molecule is C=CCN(CC(Br)CBr)c1nc(N)nc(N)n1. The molecular weight excluding hydrogens is 352 g/mol. The summed E-state index contributed by atoms with van der Waals surface area (Å²) in [7, 11) is 0. The molecule has 0 aliphatic carbocycles. The number of hydrogen-bond donors (Lipinski definition) is 2. The Kier molecular flexibility index (Phi) is 5.63. The normalized spacial score (nSPS) is 12.1. The van der Waals surface area contributed by atoms with Crippen molar-refractivity contribution in [2.75, 3.05) is 34.8 Å². The Morgan fingerprint density at radius 2 is 1.88 bits per heavy atom. The Morgan fingerprint density at radius 1 is 1.29 bits per heavy atom. The zero-order valence-corrected chi connectivity index (χ0v) is 12.4. The molecule has 8 heteroatoms. The smallest absolute Gasteiger partial charge is 0.232 e. The van der Waals surface area contributed by atoms with Gasteiger partial charge in [0, 0.05) is 23.2 Å². The van der Waals surface area contributed by atoms with Crippen LogP contribution in [0.2, 0.25) is 0 Å². The molecule has 94 valence electrons. The lowest BCUT2D eigenvalue weighted by Crippen LogP contribution is -2.32. The average Bonchev–Trinajstić information content (AvgIpc) is 2.27. The maximum atomic E-state index is 5.54. The highest BCUT2D eigenvalue weighted by Gasteiger charge is 2.14. The molecular formula is C9H14Br2N6. The molecule has 0 saturated heterocycles. The molecule has 0 bridgehead atoms. The Bertz CT molecular complexity index is 365. The summed E-state index contributed by atoms with van der Waals surface area (Å²) in [5, 5.41) is 0.816. The molecule has 0 fully saturated rings. The van der Waals surface area contributed by atoms with Gasteiger partial charge in [0.05, 0.1) is 0 Å². The van der Waals surface area contributed by atoms with Gasteiger partial charge >= 0.3 is 0 Å². The van der Waals surface area contributed by atoms with Crippen LogP contribution in [0.15, 0.2) is 12.7 Å². The highest BCUT2D eigenvalue weighted by molar-refractivity contribution is 9.12. The van der Waals surface area contributed by atoms with Gasteiger partial charge in [-0.2, -0.15) is 15.0 Å². The van der Waals surface area contributed by atoms with Crippen LogP contribution in [0.4, 0.5) is 17.8 Å². The van der Waals surface area contributed by atoms with E-state index in [1.54, 1.807) is 6.08 Å². The van der Waals surface area contributed by atoms with Crippen molar-refractivity contribution in [3.05, 3.63) is 12.7 Å². The van der Waals surface area contributed by atoms with E-state index < -0.39 is 0 Å². The second-order valence-corrected chi connectivity index (χ2v) is 5.24. The molecule has 17 heavy (non-hydrogen) atoms. The summed E-state index contributed by atoms with van der Waals surface area (Å²) in [5.74, 6) is 0.693. The van der Waals surface area contributed by atoms with Crippen molar-refractivity contribution in [1.82, 2.24) is 15.0 Å². The predicted molar refractivity (Wildman–Crippen MR) is 77.6 cm³/mol. The first kappa shape index (κ1) is 14.2. The van der Waals surface area contributed by atoms with Gasteiger partial charge in [0.25, 0.3) is 0 Å². The Hall–Kier alpha value is -0.890. The quantitative estimate of drug-likeness (QED) is 0.580. The average molecular weight is 366 g/mol. The minimum atomic E-state index is 0.117. The largest absolute Gasteiger partial charge is 0.368 e. The van der Waals surface area contributed by atoms with Crippen molar-refractivity contribution in [3.8, 4) is 0 Å². The Morgan fingerprint density at radius 3 is 2.35 bits per heavy atom. The number of nitrogen functional groups attached to an aromatic ring is 2. The number of alkyl halides is 2. The lowest BCUT2D eigenvalue weighted by Gasteiger charge is -2.23. The Balaban J connectivity index is 2.91. The van der Waals surface area contributed by atoms with Gasteiger partial charge in [0.2, 0.25) is 17.8 Å². The second kappa shape index (κ2) is 6.75. The van der Waals surface area contributed by atoms with Crippen LogP contribution in [-0.4, -0.2) is 38.2 Å². The van der Waals surface area contributed by atoms with E-state index in [2.05, 4.69) is 53.4 Å². The molecule has 1 unspecified atom stereocenters. The first-order valence-corrected chi connectivity index (χ1v) is 6.93. The topological polar surface area (TPSA) is 94.0 Å². The maximum absolute atomic E-state index is 5.54. The summed E-state index contributed by atoms with van der Waals surface area (Å²) in [5.41, 5.74) is 11.1. The summed E-state index contributed by atoms with van der Waals surface area (Å²) in [6.07, 6.45) is 1.77. The van der Waals surface area contributed by atoms with Crippen LogP contribution in [0.25, 0.3) is 0 Å². The van der Waals surface area contributed by atoms with Crippen LogP contribution in [0, 0.1) is 0 Å². The molecule has 1 aromatic rings. The monoisotopic (exact) mass is 364 g/mol. The van der Waals surface area contributed by atoms with E-state index >= 15 is 0 Å². The molecule has 0 radical (unpaired) electrons. The zero-order chi connectivity index (χ0) is 12.8. The molecule has 0 saturated carbocycles. The van der Waals surface area contributed by atoms with Crippen LogP contribution in [0.1, 0.15) is 0 Å². The van der Waals surface area contributed by atoms with Crippen LogP contribution in [0.5, 0.6) is 0 Å². The fraction of sp³-hybridized carbons (Fsp3) is 0.444. The highest BCUT2D eigenvalue weighted by Crippen LogP contribution is 2.14. The lowest BCUT2D eigenvalue weighted by molar-refractivity contribution is 0.804. The van der Waals surface area contributed by atoms with Gasteiger partial charge in [0.15, 0.2) is 0 Å². The minimum absolute atomic E-state index is 0.117. The van der Waals surface area contributed by atoms with E-state index in [9.17, 15) is 0 Å². The first-order valence-electron chi connectivity index (χ1n) is 4.89. The number of halogens is 2. The van der Waals surface area contributed by atoms with E-state index in [0.29, 0.717) is 19.0 Å². The fourth-order valence-electron chi connectivity index (χ4n) is 1.22. The van der Waals surface area contributed by atoms with Crippen LogP contribution in [0.3, 0.4) is 0 Å². The van der Waals surface area contributed by atoms with Gasteiger partial charge < -0.3 is 16.4 Å². The number of nitrogens with two attached hydrogens (primary N) is 2. The van der Waals surface area contributed by atoms with Gasteiger partial charge in [-0.25, -0.2) is 0 Å². The molecule has 1 rings (SSSR count). The van der Waals surface area contributed by atoms with Crippen molar-refractivity contribution in [3.63, 3.8) is 0 Å². The fourth-order valence-corrected chi connectivity index (χ4v) is 1.77. The van der Waals surface area contributed by atoms with E-state index in [1.807, 2.05) is 4.90 Å². The minimum Gasteiger partial charge on any atom is -0.368 e. The summed E-state index contributed by atoms with van der Waals surface area (Å²) in [6, 6.07) is 0. The molecule has 6 nitrogen and oxygen atoms in total. The van der Waals surface area contributed by atoms with Gasteiger partial charge in [-0.3, -0.25) is 0 Å².